The monoisotopic (exact) mass is 489 g/mol. The highest BCUT2D eigenvalue weighted by atomic mass is 19.4. The van der Waals surface area contributed by atoms with E-state index >= 15 is 0 Å². The van der Waals surface area contributed by atoms with E-state index in [9.17, 15) is 17.6 Å². The van der Waals surface area contributed by atoms with Gasteiger partial charge in [0.2, 0.25) is 0 Å². The minimum absolute atomic E-state index is 0.130. The molecule has 2 aromatic carbocycles. The maximum atomic E-state index is 14.6. The lowest BCUT2D eigenvalue weighted by Crippen LogP contribution is -2.24. The van der Waals surface area contributed by atoms with Gasteiger partial charge in [-0.3, -0.25) is 0 Å². The summed E-state index contributed by atoms with van der Waals surface area (Å²) in [4.78, 5) is 8.76. The first-order valence-electron chi connectivity index (χ1n) is 10.5. The third-order valence-electron chi connectivity index (χ3n) is 5.43. The molecule has 2 aromatic heterocycles. The minimum atomic E-state index is -4.91. The van der Waals surface area contributed by atoms with Crippen LogP contribution in [0.25, 0.3) is 17.1 Å². The molecular weight excluding hydrogens is 470 g/mol. The van der Waals surface area contributed by atoms with Gasteiger partial charge in [-0.25, -0.2) is 19.0 Å². The normalized spacial score (nSPS) is 15.7. The van der Waals surface area contributed by atoms with Crippen LogP contribution in [0.2, 0.25) is 0 Å². The van der Waals surface area contributed by atoms with Gasteiger partial charge in [-0.2, -0.15) is 5.10 Å². The van der Waals surface area contributed by atoms with Crippen LogP contribution in [0.4, 0.5) is 17.6 Å². The lowest BCUT2D eigenvalue weighted by molar-refractivity contribution is -0.274. The minimum Gasteiger partial charge on any atom is -0.495 e. The molecule has 12 heteroatoms. The number of aromatic nitrogens is 5. The van der Waals surface area contributed by atoms with Gasteiger partial charge < -0.3 is 18.8 Å². The number of benzene rings is 2. The summed E-state index contributed by atoms with van der Waals surface area (Å²) in [5.41, 5.74) is 2.13. The molecule has 1 atom stereocenters. The Morgan fingerprint density at radius 2 is 1.97 bits per heavy atom. The Morgan fingerprint density at radius 1 is 1.14 bits per heavy atom. The van der Waals surface area contributed by atoms with E-state index in [1.807, 2.05) is 29.8 Å². The average molecular weight is 489 g/mol. The summed E-state index contributed by atoms with van der Waals surface area (Å²) in [5, 5.41) is 4.51. The number of imidazole rings is 1. The standard InChI is InChI=1S/C23H19F4N5O3/c1-13-11-31(12-28-13)18-6-3-14(9-19(18)33-2)21-29-22-20(34-8-7-32(22)30-21)16-10-15(4-5-17(16)24)35-23(25,26)27/h3-6,9-12,20H,7-8H2,1-2H3/t20-/m0/s1. The van der Waals surface area contributed by atoms with Crippen molar-refractivity contribution < 1.29 is 31.8 Å². The molecule has 3 heterocycles. The van der Waals surface area contributed by atoms with Crippen LogP contribution in [0.5, 0.6) is 11.5 Å². The van der Waals surface area contributed by atoms with Gasteiger partial charge in [0, 0.05) is 17.3 Å². The lowest BCUT2D eigenvalue weighted by Gasteiger charge is -2.24. The molecule has 35 heavy (non-hydrogen) atoms. The fourth-order valence-corrected chi connectivity index (χ4v) is 3.90. The number of rotatable bonds is 5. The summed E-state index contributed by atoms with van der Waals surface area (Å²) in [6.07, 6.45) is -2.43. The van der Waals surface area contributed by atoms with Crippen molar-refractivity contribution in [1.29, 1.82) is 0 Å². The Bertz CT molecular complexity index is 1380. The number of alkyl halides is 3. The molecule has 5 rings (SSSR count). The van der Waals surface area contributed by atoms with Crippen molar-refractivity contribution in [2.24, 2.45) is 0 Å². The lowest BCUT2D eigenvalue weighted by atomic mass is 10.1. The second kappa shape index (κ2) is 8.69. The molecule has 0 amide bonds. The van der Waals surface area contributed by atoms with E-state index in [1.165, 1.54) is 0 Å². The number of methoxy groups -OCH3 is 1. The van der Waals surface area contributed by atoms with Gasteiger partial charge in [-0.1, -0.05) is 0 Å². The molecule has 0 bridgehead atoms. The molecule has 0 saturated carbocycles. The van der Waals surface area contributed by atoms with Gasteiger partial charge in [0.1, 0.15) is 23.4 Å². The molecule has 0 N–H and O–H groups in total. The SMILES string of the molecule is COc1cc(-c2nc3n(n2)CCO[C@H]3c2cc(OC(F)(F)F)ccc2F)ccc1-n1cnc(C)c1. The van der Waals surface area contributed by atoms with Crippen LogP contribution in [0.1, 0.15) is 23.2 Å². The number of fused-ring (bicyclic) bond motifs is 1. The van der Waals surface area contributed by atoms with E-state index in [1.54, 1.807) is 24.2 Å². The number of nitrogens with zero attached hydrogens (tertiary/aromatic N) is 5. The van der Waals surface area contributed by atoms with E-state index in [4.69, 9.17) is 9.47 Å². The van der Waals surface area contributed by atoms with Gasteiger partial charge in [-0.15, -0.1) is 13.2 Å². The van der Waals surface area contributed by atoms with Crippen molar-refractivity contribution >= 4 is 0 Å². The summed E-state index contributed by atoms with van der Waals surface area (Å²) >= 11 is 0. The fraction of sp³-hybridized carbons (Fsp3) is 0.261. The number of aryl methyl sites for hydroxylation is 1. The molecule has 0 aliphatic carbocycles. The fourth-order valence-electron chi connectivity index (χ4n) is 3.90. The van der Waals surface area contributed by atoms with E-state index in [2.05, 4.69) is 19.8 Å². The van der Waals surface area contributed by atoms with Crippen molar-refractivity contribution in [3.8, 4) is 28.6 Å². The zero-order chi connectivity index (χ0) is 24.7. The van der Waals surface area contributed by atoms with Crippen LogP contribution in [-0.4, -0.2) is 44.4 Å². The van der Waals surface area contributed by atoms with Crippen molar-refractivity contribution in [3.05, 3.63) is 71.8 Å². The highest BCUT2D eigenvalue weighted by Crippen LogP contribution is 2.35. The molecule has 0 saturated heterocycles. The molecule has 1 aliphatic rings. The summed E-state index contributed by atoms with van der Waals surface area (Å²) in [6, 6.07) is 8.17. The Balaban J connectivity index is 1.51. The molecule has 8 nitrogen and oxygen atoms in total. The number of ether oxygens (including phenoxy) is 3. The summed E-state index contributed by atoms with van der Waals surface area (Å²) in [6.45, 7) is 2.40. The number of hydrogen-bond donors (Lipinski definition) is 0. The van der Waals surface area contributed by atoms with E-state index < -0.39 is 24.0 Å². The molecule has 0 fully saturated rings. The Kier molecular flexibility index (Phi) is 5.67. The first-order valence-corrected chi connectivity index (χ1v) is 10.5. The first-order chi connectivity index (χ1) is 16.7. The second-order valence-corrected chi connectivity index (χ2v) is 7.81. The summed E-state index contributed by atoms with van der Waals surface area (Å²) in [7, 11) is 1.54. The molecule has 1 aliphatic heterocycles. The zero-order valence-electron chi connectivity index (χ0n) is 18.6. The van der Waals surface area contributed by atoms with Gasteiger partial charge in [0.25, 0.3) is 0 Å². The Labute approximate surface area is 196 Å². The summed E-state index contributed by atoms with van der Waals surface area (Å²) < 4.78 is 71.1. The van der Waals surface area contributed by atoms with Gasteiger partial charge >= 0.3 is 6.36 Å². The van der Waals surface area contributed by atoms with Crippen molar-refractivity contribution in [3.63, 3.8) is 0 Å². The summed E-state index contributed by atoms with van der Waals surface area (Å²) in [5.74, 6) is -0.134. The number of hydrogen-bond acceptors (Lipinski definition) is 6. The molecule has 182 valence electrons. The Morgan fingerprint density at radius 3 is 2.69 bits per heavy atom. The maximum Gasteiger partial charge on any atom is 0.573 e. The van der Waals surface area contributed by atoms with Gasteiger partial charge in [0.05, 0.1) is 38.0 Å². The second-order valence-electron chi connectivity index (χ2n) is 7.81. The van der Waals surface area contributed by atoms with E-state index in [0.717, 1.165) is 29.6 Å². The van der Waals surface area contributed by atoms with Crippen molar-refractivity contribution in [2.75, 3.05) is 13.7 Å². The van der Waals surface area contributed by atoms with Crippen LogP contribution < -0.4 is 9.47 Å². The van der Waals surface area contributed by atoms with Crippen molar-refractivity contribution in [1.82, 2.24) is 24.3 Å². The van der Waals surface area contributed by atoms with Crippen LogP contribution in [-0.2, 0) is 11.3 Å². The van der Waals surface area contributed by atoms with Crippen LogP contribution >= 0.6 is 0 Å². The number of halogens is 4. The van der Waals surface area contributed by atoms with Crippen LogP contribution in [0.15, 0.2) is 48.9 Å². The predicted molar refractivity (Wildman–Crippen MR) is 115 cm³/mol. The van der Waals surface area contributed by atoms with E-state index in [-0.39, 0.29) is 18.0 Å². The highest BCUT2D eigenvalue weighted by molar-refractivity contribution is 5.63. The zero-order valence-corrected chi connectivity index (χ0v) is 18.6. The average Bonchev–Trinajstić information content (AvgIpc) is 3.45. The smallest absolute Gasteiger partial charge is 0.495 e. The molecule has 0 unspecified atom stereocenters. The third-order valence-corrected chi connectivity index (χ3v) is 5.43. The predicted octanol–water partition coefficient (Wildman–Crippen LogP) is 4.61. The quantitative estimate of drug-likeness (QED) is 0.382. The topological polar surface area (TPSA) is 76.2 Å². The van der Waals surface area contributed by atoms with Gasteiger partial charge in [-0.05, 0) is 43.3 Å². The molecule has 0 radical (unpaired) electrons. The molecule has 4 aromatic rings. The molecule has 0 spiro atoms. The van der Waals surface area contributed by atoms with Crippen molar-refractivity contribution in [2.45, 2.75) is 25.9 Å². The maximum absolute atomic E-state index is 14.6. The van der Waals surface area contributed by atoms with E-state index in [0.29, 0.717) is 23.7 Å². The molecular formula is C23H19F4N5O3. The Hall–Kier alpha value is -3.93. The third kappa shape index (κ3) is 4.56. The highest BCUT2D eigenvalue weighted by Gasteiger charge is 2.33. The largest absolute Gasteiger partial charge is 0.573 e. The van der Waals surface area contributed by atoms with Gasteiger partial charge in [0.15, 0.2) is 11.6 Å². The first kappa shape index (κ1) is 22.8. The van der Waals surface area contributed by atoms with Crippen LogP contribution in [0, 0.1) is 12.7 Å². The van der Waals surface area contributed by atoms with Crippen LogP contribution in [0.3, 0.4) is 0 Å².